The molecule has 0 bridgehead atoms. The minimum absolute atomic E-state index is 0.0478. The van der Waals surface area contributed by atoms with Crippen molar-refractivity contribution in [3.8, 4) is 5.75 Å². The number of hydrazine groups is 1. The molecular formula is C19H23ClN4O3. The first kappa shape index (κ1) is 18.3. The molecule has 2 aromatic rings. The Morgan fingerprint density at radius 1 is 1.41 bits per heavy atom. The molecule has 2 aliphatic rings. The third kappa shape index (κ3) is 3.42. The van der Waals surface area contributed by atoms with Crippen LogP contribution in [0.4, 0.5) is 0 Å². The van der Waals surface area contributed by atoms with E-state index in [0.29, 0.717) is 22.9 Å². The minimum atomic E-state index is -0.0574. The molecule has 4 rings (SSSR count). The number of rotatable bonds is 4. The van der Waals surface area contributed by atoms with E-state index in [4.69, 9.17) is 20.9 Å². The normalized spacial score (nSPS) is 25.1. The predicted octanol–water partition coefficient (Wildman–Crippen LogP) is 2.51. The quantitative estimate of drug-likeness (QED) is 0.835. The Hall–Kier alpha value is -2.09. The van der Waals surface area contributed by atoms with Gasteiger partial charge in [0, 0.05) is 30.2 Å². The number of nitrogens with zero attached hydrogens (tertiary/aromatic N) is 2. The first-order valence-corrected chi connectivity index (χ1v) is 9.52. The lowest BCUT2D eigenvalue weighted by Crippen LogP contribution is -2.49. The number of hydrogen-bond donors (Lipinski definition) is 2. The molecule has 2 N–H and O–H groups in total. The van der Waals surface area contributed by atoms with Crippen LogP contribution in [0.1, 0.15) is 40.6 Å². The maximum Gasteiger partial charge on any atom is 0.257 e. The second kappa shape index (κ2) is 7.50. The number of nitrogens with one attached hydrogen (secondary N) is 2. The summed E-state index contributed by atoms with van der Waals surface area (Å²) in [5, 5.41) is 4.53. The van der Waals surface area contributed by atoms with Gasteiger partial charge in [-0.15, -0.1) is 0 Å². The molecule has 0 saturated carbocycles. The minimum Gasteiger partial charge on any atom is -0.496 e. The number of methoxy groups -OCH3 is 1. The molecule has 27 heavy (non-hydrogen) atoms. The maximum absolute atomic E-state index is 13.3. The number of ether oxygens (including phenoxy) is 1. The van der Waals surface area contributed by atoms with Crippen LogP contribution in [-0.2, 0) is 0 Å². The van der Waals surface area contributed by atoms with Crippen LogP contribution < -0.4 is 15.6 Å². The maximum atomic E-state index is 13.3. The number of benzene rings is 1. The van der Waals surface area contributed by atoms with Gasteiger partial charge in [0.1, 0.15) is 11.5 Å². The van der Waals surface area contributed by atoms with Crippen molar-refractivity contribution in [3.05, 3.63) is 46.3 Å². The van der Waals surface area contributed by atoms with Crippen LogP contribution in [0.5, 0.6) is 5.75 Å². The van der Waals surface area contributed by atoms with Gasteiger partial charge in [-0.3, -0.25) is 15.6 Å². The monoisotopic (exact) mass is 390 g/mol. The lowest BCUT2D eigenvalue weighted by Gasteiger charge is -2.32. The van der Waals surface area contributed by atoms with Gasteiger partial charge in [-0.1, -0.05) is 16.8 Å². The van der Waals surface area contributed by atoms with Gasteiger partial charge in [-0.05, 0) is 38.0 Å². The van der Waals surface area contributed by atoms with Crippen LogP contribution in [0.25, 0.3) is 0 Å². The summed E-state index contributed by atoms with van der Waals surface area (Å²) in [4.78, 5) is 15.2. The molecule has 0 aliphatic carbocycles. The summed E-state index contributed by atoms with van der Waals surface area (Å²) in [7, 11) is 1.56. The highest BCUT2D eigenvalue weighted by atomic mass is 35.5. The molecule has 1 aromatic carbocycles. The molecule has 144 valence electrons. The Kier molecular flexibility index (Phi) is 5.08. The fraction of sp³-hybridized carbons (Fsp3) is 0.474. The Balaban J connectivity index is 1.60. The number of carbonyl (C=O) groups excluding carboxylic acids is 1. The highest BCUT2D eigenvalue weighted by Gasteiger charge is 2.43. The molecule has 0 spiro atoms. The fourth-order valence-corrected chi connectivity index (χ4v) is 4.31. The van der Waals surface area contributed by atoms with E-state index in [0.717, 1.165) is 30.8 Å². The lowest BCUT2D eigenvalue weighted by atomic mass is 9.91. The Labute approximate surface area is 162 Å². The smallest absolute Gasteiger partial charge is 0.257 e. The van der Waals surface area contributed by atoms with Gasteiger partial charge in [0.15, 0.2) is 0 Å². The molecule has 2 fully saturated rings. The van der Waals surface area contributed by atoms with Crippen molar-refractivity contribution in [1.29, 1.82) is 0 Å². The van der Waals surface area contributed by atoms with Crippen LogP contribution in [0.2, 0.25) is 5.02 Å². The molecule has 8 heteroatoms. The topological polar surface area (TPSA) is 79.6 Å². The summed E-state index contributed by atoms with van der Waals surface area (Å²) in [5.74, 6) is 1.44. The number of aryl methyl sites for hydroxylation is 1. The van der Waals surface area contributed by atoms with Gasteiger partial charge in [-0.2, -0.15) is 0 Å². The van der Waals surface area contributed by atoms with Crippen LogP contribution >= 0.6 is 11.6 Å². The standard InChI is InChI=1S/C19H23ClN4O3/c1-11-8-17(27-23-11)14-10-21-22-18(14)15-4-3-7-24(15)19(25)13-9-12(20)5-6-16(13)26-2/h5-6,8-9,14-15,18,21-22H,3-4,7,10H2,1-2H3. The molecular weight excluding hydrogens is 368 g/mol. The van der Waals surface area contributed by atoms with Gasteiger partial charge in [0.25, 0.3) is 5.91 Å². The average molecular weight is 391 g/mol. The highest BCUT2D eigenvalue weighted by molar-refractivity contribution is 6.31. The van der Waals surface area contributed by atoms with Gasteiger partial charge >= 0.3 is 0 Å². The first-order valence-electron chi connectivity index (χ1n) is 9.14. The summed E-state index contributed by atoms with van der Waals surface area (Å²) >= 11 is 6.13. The first-order chi connectivity index (χ1) is 13.1. The zero-order valence-corrected chi connectivity index (χ0v) is 16.1. The van der Waals surface area contributed by atoms with Crippen LogP contribution in [0.3, 0.4) is 0 Å². The van der Waals surface area contributed by atoms with E-state index in [1.165, 1.54) is 0 Å². The van der Waals surface area contributed by atoms with Gasteiger partial charge in [-0.25, -0.2) is 0 Å². The molecule has 2 saturated heterocycles. The number of amides is 1. The Morgan fingerprint density at radius 3 is 3.00 bits per heavy atom. The van der Waals surface area contributed by atoms with E-state index < -0.39 is 0 Å². The molecule has 2 aliphatic heterocycles. The third-order valence-electron chi connectivity index (χ3n) is 5.40. The summed E-state index contributed by atoms with van der Waals surface area (Å²) in [6.07, 6.45) is 1.89. The zero-order valence-electron chi connectivity index (χ0n) is 15.4. The zero-order chi connectivity index (χ0) is 19.0. The van der Waals surface area contributed by atoms with Gasteiger partial charge < -0.3 is 14.2 Å². The fourth-order valence-electron chi connectivity index (χ4n) is 4.13. The van der Waals surface area contributed by atoms with Crippen LogP contribution in [0, 0.1) is 6.92 Å². The second-order valence-corrected chi connectivity index (χ2v) is 7.52. The van der Waals surface area contributed by atoms with E-state index >= 15 is 0 Å². The Bertz CT molecular complexity index is 840. The summed E-state index contributed by atoms with van der Waals surface area (Å²) in [6, 6.07) is 7.20. The largest absolute Gasteiger partial charge is 0.496 e. The molecule has 7 nitrogen and oxygen atoms in total. The predicted molar refractivity (Wildman–Crippen MR) is 101 cm³/mol. The van der Waals surface area contributed by atoms with Crippen LogP contribution in [0.15, 0.2) is 28.8 Å². The SMILES string of the molecule is COc1ccc(Cl)cc1C(=O)N1CCCC1C1NNCC1c1cc(C)no1. The van der Waals surface area contributed by atoms with Crippen molar-refractivity contribution < 1.29 is 14.1 Å². The molecule has 3 atom stereocenters. The number of halogens is 1. The van der Waals surface area contributed by atoms with Crippen molar-refractivity contribution in [1.82, 2.24) is 20.9 Å². The second-order valence-electron chi connectivity index (χ2n) is 7.08. The van der Waals surface area contributed by atoms with E-state index in [1.807, 2.05) is 17.9 Å². The van der Waals surface area contributed by atoms with E-state index in [2.05, 4.69) is 16.0 Å². The van der Waals surface area contributed by atoms with Gasteiger partial charge in [0.2, 0.25) is 0 Å². The number of likely N-dealkylation sites (tertiary alicyclic amines) is 1. The Morgan fingerprint density at radius 2 is 2.26 bits per heavy atom. The molecule has 1 aromatic heterocycles. The third-order valence-corrected chi connectivity index (χ3v) is 5.64. The van der Waals surface area contributed by atoms with Crippen molar-refractivity contribution in [3.63, 3.8) is 0 Å². The van der Waals surface area contributed by atoms with Crippen molar-refractivity contribution in [2.75, 3.05) is 20.2 Å². The van der Waals surface area contributed by atoms with E-state index in [9.17, 15) is 4.79 Å². The van der Waals surface area contributed by atoms with Crippen molar-refractivity contribution in [2.24, 2.45) is 0 Å². The lowest BCUT2D eigenvalue weighted by molar-refractivity contribution is 0.0698. The van der Waals surface area contributed by atoms with Gasteiger partial charge in [0.05, 0.1) is 30.3 Å². The van der Waals surface area contributed by atoms with E-state index in [-0.39, 0.29) is 23.9 Å². The summed E-state index contributed by atoms with van der Waals surface area (Å²) in [6.45, 7) is 3.35. The number of carbonyl (C=O) groups is 1. The van der Waals surface area contributed by atoms with Crippen LogP contribution in [-0.4, -0.2) is 48.2 Å². The van der Waals surface area contributed by atoms with Crippen molar-refractivity contribution in [2.45, 2.75) is 37.8 Å². The number of aromatic nitrogens is 1. The average Bonchev–Trinajstić information content (AvgIpc) is 3.40. The molecule has 1 amide bonds. The highest BCUT2D eigenvalue weighted by Crippen LogP contribution is 2.34. The summed E-state index contributed by atoms with van der Waals surface area (Å²) < 4.78 is 10.9. The molecule has 0 radical (unpaired) electrons. The number of hydrogen-bond acceptors (Lipinski definition) is 6. The molecule has 3 heterocycles. The molecule has 3 unspecified atom stereocenters. The van der Waals surface area contributed by atoms with E-state index in [1.54, 1.807) is 25.3 Å². The van der Waals surface area contributed by atoms with Crippen molar-refractivity contribution >= 4 is 17.5 Å². The summed E-state index contributed by atoms with van der Waals surface area (Å²) in [5.41, 5.74) is 7.92.